The fraction of sp³-hybridized carbons (Fsp3) is 0.778. The lowest BCUT2D eigenvalue weighted by molar-refractivity contribution is -0.143. The highest BCUT2D eigenvalue weighted by molar-refractivity contribution is 5.84. The van der Waals surface area contributed by atoms with Crippen LogP contribution in [0.4, 0.5) is 0 Å². The van der Waals surface area contributed by atoms with Crippen molar-refractivity contribution < 1.29 is 14.7 Å². The van der Waals surface area contributed by atoms with Crippen LogP contribution in [-0.4, -0.2) is 36.6 Å². The maximum atomic E-state index is 11.1. The van der Waals surface area contributed by atoms with E-state index in [-0.39, 0.29) is 18.4 Å². The summed E-state index contributed by atoms with van der Waals surface area (Å²) in [6, 6.07) is -0.791. The highest BCUT2D eigenvalue weighted by Gasteiger charge is 2.24. The second-order valence-corrected chi connectivity index (χ2v) is 3.30. The van der Waals surface area contributed by atoms with Crippen molar-refractivity contribution in [3.05, 3.63) is 0 Å². The number of carbonyl (C=O) groups is 2. The van der Waals surface area contributed by atoms with Crippen molar-refractivity contribution >= 4 is 11.9 Å². The number of carboxylic acid groups (broad SMARTS) is 1. The fourth-order valence-corrected chi connectivity index (χ4v) is 1.07. The molecule has 0 saturated carbocycles. The number of aliphatic carboxylic acids is 1. The van der Waals surface area contributed by atoms with Gasteiger partial charge in [-0.25, -0.2) is 4.79 Å². The number of likely N-dealkylation sites (N-methyl/N-ethyl adjacent to an activating group) is 1. The van der Waals surface area contributed by atoms with Crippen LogP contribution in [0.1, 0.15) is 20.3 Å². The molecule has 2 atom stereocenters. The molecule has 0 aromatic carbocycles. The van der Waals surface area contributed by atoms with E-state index in [9.17, 15) is 9.59 Å². The van der Waals surface area contributed by atoms with Gasteiger partial charge in [0, 0.05) is 0 Å². The zero-order valence-electron chi connectivity index (χ0n) is 8.83. The lowest BCUT2D eigenvalue weighted by Crippen LogP contribution is -2.47. The molecule has 5 nitrogen and oxygen atoms in total. The van der Waals surface area contributed by atoms with Gasteiger partial charge in [0.2, 0.25) is 5.91 Å². The van der Waals surface area contributed by atoms with Crippen LogP contribution < -0.4 is 10.6 Å². The first-order valence-corrected chi connectivity index (χ1v) is 4.69. The van der Waals surface area contributed by atoms with Crippen LogP contribution in [0.2, 0.25) is 0 Å². The summed E-state index contributed by atoms with van der Waals surface area (Å²) in [5.41, 5.74) is 0. The first-order chi connectivity index (χ1) is 6.52. The summed E-state index contributed by atoms with van der Waals surface area (Å²) < 4.78 is 0. The summed E-state index contributed by atoms with van der Waals surface area (Å²) in [6.07, 6.45) is 0.719. The zero-order valence-corrected chi connectivity index (χ0v) is 8.83. The Morgan fingerprint density at radius 2 is 2.00 bits per heavy atom. The third-order valence-electron chi connectivity index (χ3n) is 2.13. The zero-order chi connectivity index (χ0) is 11.1. The van der Waals surface area contributed by atoms with Gasteiger partial charge in [-0.2, -0.15) is 0 Å². The van der Waals surface area contributed by atoms with Crippen LogP contribution in [0, 0.1) is 5.92 Å². The number of amides is 1. The summed E-state index contributed by atoms with van der Waals surface area (Å²) >= 11 is 0. The summed E-state index contributed by atoms with van der Waals surface area (Å²) in [6.45, 7) is 3.84. The number of carboxylic acids is 1. The molecule has 2 unspecified atom stereocenters. The van der Waals surface area contributed by atoms with Gasteiger partial charge in [-0.15, -0.1) is 0 Å². The van der Waals surface area contributed by atoms with Crippen LogP contribution in [0.3, 0.4) is 0 Å². The molecule has 0 heterocycles. The van der Waals surface area contributed by atoms with E-state index in [1.165, 1.54) is 0 Å². The molecular weight excluding hydrogens is 184 g/mol. The Kier molecular flexibility index (Phi) is 5.87. The SMILES string of the molecule is CCC(C)C(NC(=O)CNC)C(=O)O. The molecule has 5 heteroatoms. The van der Waals surface area contributed by atoms with E-state index >= 15 is 0 Å². The number of nitrogens with one attached hydrogen (secondary N) is 2. The maximum Gasteiger partial charge on any atom is 0.326 e. The van der Waals surface area contributed by atoms with Gasteiger partial charge >= 0.3 is 5.97 Å². The molecule has 0 fully saturated rings. The van der Waals surface area contributed by atoms with E-state index in [1.807, 2.05) is 6.92 Å². The first kappa shape index (κ1) is 12.9. The second-order valence-electron chi connectivity index (χ2n) is 3.30. The van der Waals surface area contributed by atoms with Crippen molar-refractivity contribution in [3.8, 4) is 0 Å². The predicted octanol–water partition coefficient (Wildman–Crippen LogP) is -0.179. The quantitative estimate of drug-likeness (QED) is 0.558. The molecule has 1 amide bonds. The Labute approximate surface area is 83.9 Å². The van der Waals surface area contributed by atoms with E-state index in [0.717, 1.165) is 6.42 Å². The molecule has 0 aromatic heterocycles. The monoisotopic (exact) mass is 202 g/mol. The summed E-state index contributed by atoms with van der Waals surface area (Å²) in [5.74, 6) is -1.34. The minimum absolute atomic E-state index is 0.0618. The highest BCUT2D eigenvalue weighted by atomic mass is 16.4. The predicted molar refractivity (Wildman–Crippen MR) is 52.9 cm³/mol. The largest absolute Gasteiger partial charge is 0.480 e. The van der Waals surface area contributed by atoms with Crippen molar-refractivity contribution in [3.63, 3.8) is 0 Å². The molecule has 0 bridgehead atoms. The maximum absolute atomic E-state index is 11.1. The molecule has 0 aliphatic carbocycles. The van der Waals surface area contributed by atoms with E-state index in [4.69, 9.17) is 5.11 Å². The molecule has 3 N–H and O–H groups in total. The van der Waals surface area contributed by atoms with Gasteiger partial charge < -0.3 is 15.7 Å². The number of carbonyl (C=O) groups excluding carboxylic acids is 1. The number of hydrogen-bond donors (Lipinski definition) is 3. The van der Waals surface area contributed by atoms with Crippen molar-refractivity contribution in [2.75, 3.05) is 13.6 Å². The van der Waals surface area contributed by atoms with Crippen LogP contribution in [-0.2, 0) is 9.59 Å². The molecule has 0 saturated heterocycles. The number of hydrogen-bond acceptors (Lipinski definition) is 3. The lowest BCUT2D eigenvalue weighted by atomic mass is 9.99. The Balaban J connectivity index is 4.23. The van der Waals surface area contributed by atoms with Gasteiger partial charge in [0.1, 0.15) is 6.04 Å². The first-order valence-electron chi connectivity index (χ1n) is 4.69. The topological polar surface area (TPSA) is 78.4 Å². The van der Waals surface area contributed by atoms with E-state index in [0.29, 0.717) is 0 Å². The van der Waals surface area contributed by atoms with Crippen molar-refractivity contribution in [2.45, 2.75) is 26.3 Å². The minimum Gasteiger partial charge on any atom is -0.480 e. The van der Waals surface area contributed by atoms with E-state index in [1.54, 1.807) is 14.0 Å². The molecule has 0 aliphatic heterocycles. The lowest BCUT2D eigenvalue weighted by Gasteiger charge is -2.19. The molecule has 82 valence electrons. The van der Waals surface area contributed by atoms with Crippen molar-refractivity contribution in [2.24, 2.45) is 5.92 Å². The Bertz CT molecular complexity index is 206. The fourth-order valence-electron chi connectivity index (χ4n) is 1.07. The van der Waals surface area contributed by atoms with Crippen LogP contribution in [0.15, 0.2) is 0 Å². The Hall–Kier alpha value is -1.10. The van der Waals surface area contributed by atoms with Crippen LogP contribution >= 0.6 is 0 Å². The van der Waals surface area contributed by atoms with Gasteiger partial charge in [0.25, 0.3) is 0 Å². The van der Waals surface area contributed by atoms with Gasteiger partial charge in [0.05, 0.1) is 6.54 Å². The average molecular weight is 202 g/mol. The Morgan fingerprint density at radius 1 is 1.43 bits per heavy atom. The molecule has 0 spiro atoms. The van der Waals surface area contributed by atoms with Crippen molar-refractivity contribution in [1.82, 2.24) is 10.6 Å². The highest BCUT2D eigenvalue weighted by Crippen LogP contribution is 2.07. The van der Waals surface area contributed by atoms with Crippen LogP contribution in [0.5, 0.6) is 0 Å². The van der Waals surface area contributed by atoms with Gasteiger partial charge in [-0.1, -0.05) is 20.3 Å². The third-order valence-corrected chi connectivity index (χ3v) is 2.13. The Morgan fingerprint density at radius 3 is 2.36 bits per heavy atom. The third kappa shape index (κ3) is 4.23. The molecular formula is C9H18N2O3. The van der Waals surface area contributed by atoms with Crippen molar-refractivity contribution in [1.29, 1.82) is 0 Å². The molecule has 0 aromatic rings. The summed E-state index contributed by atoms with van der Waals surface area (Å²) in [5, 5.41) is 14.0. The molecule has 14 heavy (non-hydrogen) atoms. The van der Waals surface area contributed by atoms with Gasteiger partial charge in [-0.05, 0) is 13.0 Å². The summed E-state index contributed by atoms with van der Waals surface area (Å²) in [7, 11) is 1.64. The van der Waals surface area contributed by atoms with Gasteiger partial charge in [-0.3, -0.25) is 4.79 Å². The molecule has 0 radical (unpaired) electrons. The second kappa shape index (κ2) is 6.37. The molecule has 0 rings (SSSR count). The van der Waals surface area contributed by atoms with E-state index < -0.39 is 12.0 Å². The average Bonchev–Trinajstić information content (AvgIpc) is 2.13. The minimum atomic E-state index is -0.983. The number of rotatable bonds is 6. The normalized spacial score (nSPS) is 14.5. The van der Waals surface area contributed by atoms with Crippen LogP contribution in [0.25, 0.3) is 0 Å². The molecule has 0 aliphatic rings. The standard InChI is InChI=1S/C9H18N2O3/c1-4-6(2)8(9(13)14)11-7(12)5-10-3/h6,8,10H,4-5H2,1-3H3,(H,11,12)(H,13,14). The van der Waals surface area contributed by atoms with Gasteiger partial charge in [0.15, 0.2) is 0 Å². The van der Waals surface area contributed by atoms with E-state index in [2.05, 4.69) is 10.6 Å². The smallest absolute Gasteiger partial charge is 0.326 e. The summed E-state index contributed by atoms with van der Waals surface area (Å²) in [4.78, 5) is 21.9.